The van der Waals surface area contributed by atoms with E-state index in [0.717, 1.165) is 5.39 Å². The number of hydrogen-bond donors (Lipinski definition) is 1. The first-order chi connectivity index (χ1) is 8.15. The fourth-order valence-corrected chi connectivity index (χ4v) is 1.94. The number of benzene rings is 2. The van der Waals surface area contributed by atoms with Crippen LogP contribution in [0.25, 0.3) is 10.8 Å². The fourth-order valence-electron chi connectivity index (χ4n) is 1.71. The summed E-state index contributed by atoms with van der Waals surface area (Å²) in [6.07, 6.45) is 0. The maximum Gasteiger partial charge on any atom is 0.340 e. The van der Waals surface area contributed by atoms with Crippen LogP contribution in [-0.4, -0.2) is 17.7 Å². The normalized spacial score (nSPS) is 10.5. The molecule has 0 saturated heterocycles. The lowest BCUT2D eigenvalue weighted by Gasteiger charge is -2.09. The molecular formula is C13H11ClO3. The summed E-state index contributed by atoms with van der Waals surface area (Å²) < 4.78 is 4.94. The summed E-state index contributed by atoms with van der Waals surface area (Å²) in [4.78, 5) is 11.8. The van der Waals surface area contributed by atoms with Crippen LogP contribution in [0.2, 0.25) is 5.02 Å². The molecule has 3 nitrogen and oxygen atoms in total. The third-order valence-corrected chi connectivity index (χ3v) is 2.83. The first-order valence-corrected chi connectivity index (χ1v) is 5.60. The zero-order chi connectivity index (χ0) is 12.4. The van der Waals surface area contributed by atoms with E-state index in [1.54, 1.807) is 25.1 Å². The predicted molar refractivity (Wildman–Crippen MR) is 66.6 cm³/mol. The average Bonchev–Trinajstić information content (AvgIpc) is 2.31. The summed E-state index contributed by atoms with van der Waals surface area (Å²) in [6, 6.07) is 8.73. The van der Waals surface area contributed by atoms with Crippen molar-refractivity contribution in [2.45, 2.75) is 6.92 Å². The zero-order valence-corrected chi connectivity index (χ0v) is 9.99. The van der Waals surface area contributed by atoms with Crippen molar-refractivity contribution in [2.75, 3.05) is 6.61 Å². The highest BCUT2D eigenvalue weighted by Crippen LogP contribution is 2.34. The lowest BCUT2D eigenvalue weighted by Crippen LogP contribution is -2.06. The number of esters is 1. The monoisotopic (exact) mass is 250 g/mol. The van der Waals surface area contributed by atoms with E-state index < -0.39 is 5.97 Å². The third kappa shape index (κ3) is 2.06. The number of halogens is 1. The van der Waals surface area contributed by atoms with Gasteiger partial charge < -0.3 is 9.84 Å². The number of phenols is 1. The van der Waals surface area contributed by atoms with Gasteiger partial charge in [0.25, 0.3) is 0 Å². The smallest absolute Gasteiger partial charge is 0.340 e. The fraction of sp³-hybridized carbons (Fsp3) is 0.154. The van der Waals surface area contributed by atoms with Crippen molar-refractivity contribution in [1.29, 1.82) is 0 Å². The molecule has 0 spiro atoms. The summed E-state index contributed by atoms with van der Waals surface area (Å²) in [5, 5.41) is 11.1. The Morgan fingerprint density at radius 1 is 1.41 bits per heavy atom. The Labute approximate surface area is 104 Å². The lowest BCUT2D eigenvalue weighted by atomic mass is 10.0. The van der Waals surface area contributed by atoms with Crippen LogP contribution in [0.15, 0.2) is 30.3 Å². The van der Waals surface area contributed by atoms with E-state index in [9.17, 15) is 9.90 Å². The highest BCUT2D eigenvalue weighted by Gasteiger charge is 2.18. The number of rotatable bonds is 2. The number of carbonyl (C=O) groups excluding carboxylic acids is 1. The molecule has 0 aliphatic heterocycles. The van der Waals surface area contributed by atoms with Gasteiger partial charge in [-0.1, -0.05) is 35.9 Å². The van der Waals surface area contributed by atoms with Crippen LogP contribution >= 0.6 is 11.6 Å². The SMILES string of the molecule is CCOC(=O)c1c(Cl)c(O)cc2ccccc12. The molecule has 2 aromatic carbocycles. The van der Waals surface area contributed by atoms with Crippen molar-refractivity contribution in [3.63, 3.8) is 0 Å². The van der Waals surface area contributed by atoms with E-state index in [0.29, 0.717) is 5.39 Å². The van der Waals surface area contributed by atoms with Crippen LogP contribution in [0, 0.1) is 0 Å². The lowest BCUT2D eigenvalue weighted by molar-refractivity contribution is 0.0528. The van der Waals surface area contributed by atoms with Gasteiger partial charge >= 0.3 is 5.97 Å². The number of hydrogen-bond acceptors (Lipinski definition) is 3. The first-order valence-electron chi connectivity index (χ1n) is 5.22. The Hall–Kier alpha value is -1.74. The van der Waals surface area contributed by atoms with Gasteiger partial charge in [0, 0.05) is 0 Å². The van der Waals surface area contributed by atoms with Crippen LogP contribution < -0.4 is 0 Å². The van der Waals surface area contributed by atoms with Gasteiger partial charge in [0.1, 0.15) is 5.75 Å². The molecule has 4 heteroatoms. The quantitative estimate of drug-likeness (QED) is 0.832. The van der Waals surface area contributed by atoms with E-state index in [-0.39, 0.29) is 22.9 Å². The molecule has 17 heavy (non-hydrogen) atoms. The first kappa shape index (κ1) is 11.7. The standard InChI is InChI=1S/C13H11ClO3/c1-2-17-13(16)11-9-6-4-3-5-8(9)7-10(15)12(11)14/h3-7,15H,2H2,1H3. The molecule has 88 valence electrons. The van der Waals surface area contributed by atoms with Gasteiger partial charge in [0.15, 0.2) is 0 Å². The minimum Gasteiger partial charge on any atom is -0.506 e. The average molecular weight is 251 g/mol. The van der Waals surface area contributed by atoms with Crippen molar-refractivity contribution < 1.29 is 14.6 Å². The number of phenolic OH excluding ortho intramolecular Hbond substituents is 1. The maximum atomic E-state index is 11.8. The van der Waals surface area contributed by atoms with Crippen molar-refractivity contribution in [3.8, 4) is 5.75 Å². The second-order valence-electron chi connectivity index (χ2n) is 3.53. The van der Waals surface area contributed by atoms with Gasteiger partial charge in [0.05, 0.1) is 17.2 Å². The van der Waals surface area contributed by atoms with Crippen LogP contribution in [0.4, 0.5) is 0 Å². The molecule has 0 aromatic heterocycles. The Morgan fingerprint density at radius 3 is 2.82 bits per heavy atom. The van der Waals surface area contributed by atoms with Crippen LogP contribution in [-0.2, 0) is 4.74 Å². The molecule has 2 aromatic rings. The largest absolute Gasteiger partial charge is 0.506 e. The van der Waals surface area contributed by atoms with Crippen molar-refractivity contribution in [1.82, 2.24) is 0 Å². The van der Waals surface area contributed by atoms with Crippen molar-refractivity contribution >= 4 is 28.3 Å². The molecule has 0 amide bonds. The molecule has 0 saturated carbocycles. The summed E-state index contributed by atoms with van der Waals surface area (Å²) in [7, 11) is 0. The molecule has 0 aliphatic carbocycles. The Kier molecular flexibility index (Phi) is 3.20. The molecule has 1 N–H and O–H groups in total. The summed E-state index contributed by atoms with van der Waals surface area (Å²) >= 11 is 5.95. The number of carbonyl (C=O) groups is 1. The van der Waals surface area contributed by atoms with Gasteiger partial charge in [-0.15, -0.1) is 0 Å². The highest BCUT2D eigenvalue weighted by molar-refractivity contribution is 6.36. The predicted octanol–water partition coefficient (Wildman–Crippen LogP) is 3.38. The summed E-state index contributed by atoms with van der Waals surface area (Å²) in [5.41, 5.74) is 0.212. The van der Waals surface area contributed by atoms with Crippen LogP contribution in [0.1, 0.15) is 17.3 Å². The van der Waals surface area contributed by atoms with Crippen molar-refractivity contribution in [3.05, 3.63) is 40.9 Å². The number of aromatic hydroxyl groups is 1. The van der Waals surface area contributed by atoms with Crippen LogP contribution in [0.5, 0.6) is 5.75 Å². The van der Waals surface area contributed by atoms with Crippen molar-refractivity contribution in [2.24, 2.45) is 0 Å². The molecule has 0 bridgehead atoms. The van der Waals surface area contributed by atoms with Gasteiger partial charge in [0.2, 0.25) is 0 Å². The Bertz CT molecular complexity index is 578. The third-order valence-electron chi connectivity index (χ3n) is 2.45. The molecule has 0 atom stereocenters. The molecule has 0 aliphatic rings. The van der Waals surface area contributed by atoms with E-state index >= 15 is 0 Å². The Balaban J connectivity index is 2.74. The minimum atomic E-state index is -0.524. The van der Waals surface area contributed by atoms with E-state index in [1.807, 2.05) is 6.07 Å². The minimum absolute atomic E-state index is 0.0298. The number of fused-ring (bicyclic) bond motifs is 1. The van der Waals surface area contributed by atoms with Gasteiger partial charge in [-0.3, -0.25) is 0 Å². The van der Waals surface area contributed by atoms with Crippen LogP contribution in [0.3, 0.4) is 0 Å². The second kappa shape index (κ2) is 4.63. The maximum absolute atomic E-state index is 11.8. The zero-order valence-electron chi connectivity index (χ0n) is 9.24. The molecule has 0 radical (unpaired) electrons. The summed E-state index contributed by atoms with van der Waals surface area (Å²) in [6.45, 7) is 1.98. The Morgan fingerprint density at radius 2 is 2.12 bits per heavy atom. The second-order valence-corrected chi connectivity index (χ2v) is 3.90. The molecule has 0 heterocycles. The van der Waals surface area contributed by atoms with E-state index in [2.05, 4.69) is 0 Å². The topological polar surface area (TPSA) is 46.5 Å². The molecule has 0 fully saturated rings. The van der Waals surface area contributed by atoms with Gasteiger partial charge in [-0.2, -0.15) is 0 Å². The number of ether oxygens (including phenoxy) is 1. The van der Waals surface area contributed by atoms with E-state index in [4.69, 9.17) is 16.3 Å². The van der Waals surface area contributed by atoms with Gasteiger partial charge in [-0.25, -0.2) is 4.79 Å². The highest BCUT2D eigenvalue weighted by atomic mass is 35.5. The molecule has 2 rings (SSSR count). The molecular weight excluding hydrogens is 240 g/mol. The summed E-state index contributed by atoms with van der Waals surface area (Å²) in [5.74, 6) is -0.641. The van der Waals surface area contributed by atoms with Gasteiger partial charge in [-0.05, 0) is 23.8 Å². The molecule has 0 unspecified atom stereocenters. The van der Waals surface area contributed by atoms with E-state index in [1.165, 1.54) is 6.07 Å².